The number of carbonyl (C=O) groups excluding carboxylic acids is 1. The highest BCUT2D eigenvalue weighted by atomic mass is 32.2. The summed E-state index contributed by atoms with van der Waals surface area (Å²) in [6, 6.07) is 12.1. The van der Waals surface area contributed by atoms with Gasteiger partial charge in [0.2, 0.25) is 0 Å². The molecule has 0 amide bonds. The molecule has 0 aliphatic carbocycles. The summed E-state index contributed by atoms with van der Waals surface area (Å²) >= 11 is 2.71. The van der Waals surface area contributed by atoms with E-state index in [9.17, 15) is 10.1 Å². The SMILES string of the molecule is Cc1csc(C(C#N)C(=O)CSc2nccn2Cc2ccccc2)n1. The minimum atomic E-state index is -0.802. The number of thioether (sulfide) groups is 1. The number of rotatable bonds is 7. The van der Waals surface area contributed by atoms with Crippen LogP contribution < -0.4 is 0 Å². The number of benzene rings is 1. The van der Waals surface area contributed by atoms with Crippen LogP contribution in [0.1, 0.15) is 22.2 Å². The molecule has 3 aromatic rings. The molecule has 3 rings (SSSR count). The molecule has 0 N–H and O–H groups in total. The van der Waals surface area contributed by atoms with Gasteiger partial charge in [-0.05, 0) is 12.5 Å². The predicted molar refractivity (Wildman–Crippen MR) is 98.7 cm³/mol. The van der Waals surface area contributed by atoms with E-state index >= 15 is 0 Å². The molecule has 0 radical (unpaired) electrons. The molecule has 1 aromatic carbocycles. The van der Waals surface area contributed by atoms with Gasteiger partial charge in [0.15, 0.2) is 16.9 Å². The Balaban J connectivity index is 1.65. The van der Waals surface area contributed by atoms with Crippen LogP contribution in [0.15, 0.2) is 53.3 Å². The van der Waals surface area contributed by atoms with E-state index in [2.05, 4.69) is 28.2 Å². The Bertz CT molecular complexity index is 895. The maximum atomic E-state index is 12.4. The van der Waals surface area contributed by atoms with Gasteiger partial charge >= 0.3 is 0 Å². The molecule has 0 saturated heterocycles. The standard InChI is InChI=1S/C18H16N4OS2/c1-13-11-24-17(21-13)15(9-19)16(23)12-25-18-20-7-8-22(18)10-14-5-3-2-4-6-14/h2-8,11,15H,10,12H2,1H3. The van der Waals surface area contributed by atoms with E-state index in [4.69, 9.17) is 0 Å². The number of thiazole rings is 1. The Labute approximate surface area is 154 Å². The Morgan fingerprint density at radius 1 is 1.40 bits per heavy atom. The lowest BCUT2D eigenvalue weighted by molar-refractivity contribution is -0.116. The van der Waals surface area contributed by atoms with Gasteiger partial charge in [0, 0.05) is 30.0 Å². The molecule has 1 atom stereocenters. The number of hydrogen-bond acceptors (Lipinski definition) is 6. The Morgan fingerprint density at radius 2 is 2.20 bits per heavy atom. The third kappa shape index (κ3) is 4.35. The number of imidazole rings is 1. The van der Waals surface area contributed by atoms with Gasteiger partial charge in [-0.1, -0.05) is 42.1 Å². The summed E-state index contributed by atoms with van der Waals surface area (Å²) in [5.41, 5.74) is 2.00. The average Bonchev–Trinajstić information content (AvgIpc) is 3.24. The topological polar surface area (TPSA) is 71.6 Å². The number of ketones is 1. The van der Waals surface area contributed by atoms with Crippen LogP contribution in [0.25, 0.3) is 0 Å². The van der Waals surface area contributed by atoms with Crippen molar-refractivity contribution in [2.24, 2.45) is 0 Å². The second-order valence-electron chi connectivity index (χ2n) is 5.47. The molecular formula is C18H16N4OS2. The lowest BCUT2D eigenvalue weighted by atomic mass is 10.1. The molecule has 0 aliphatic rings. The lowest BCUT2D eigenvalue weighted by Gasteiger charge is -2.08. The van der Waals surface area contributed by atoms with Crippen molar-refractivity contribution in [3.8, 4) is 6.07 Å². The molecule has 2 heterocycles. The zero-order chi connectivity index (χ0) is 17.6. The van der Waals surface area contributed by atoms with Crippen LogP contribution in [0, 0.1) is 18.3 Å². The summed E-state index contributed by atoms with van der Waals surface area (Å²) in [5.74, 6) is -0.748. The highest BCUT2D eigenvalue weighted by molar-refractivity contribution is 7.99. The summed E-state index contributed by atoms with van der Waals surface area (Å²) in [4.78, 5) is 21.0. The molecule has 0 saturated carbocycles. The number of nitrogens with zero attached hydrogens (tertiary/aromatic N) is 4. The largest absolute Gasteiger partial charge is 0.322 e. The number of nitriles is 1. The quantitative estimate of drug-likeness (QED) is 0.595. The third-order valence-electron chi connectivity index (χ3n) is 3.55. The maximum Gasteiger partial charge on any atom is 0.168 e. The normalized spacial score (nSPS) is 11.8. The monoisotopic (exact) mass is 368 g/mol. The van der Waals surface area contributed by atoms with E-state index in [0.717, 1.165) is 10.9 Å². The van der Waals surface area contributed by atoms with E-state index in [1.165, 1.54) is 28.7 Å². The smallest absolute Gasteiger partial charge is 0.168 e. The van der Waals surface area contributed by atoms with Crippen molar-refractivity contribution in [1.29, 1.82) is 5.26 Å². The number of aryl methyl sites for hydroxylation is 1. The van der Waals surface area contributed by atoms with Crippen molar-refractivity contribution in [1.82, 2.24) is 14.5 Å². The van der Waals surface area contributed by atoms with Gasteiger partial charge in [0.1, 0.15) is 5.01 Å². The fraction of sp³-hybridized carbons (Fsp3) is 0.222. The Kier molecular flexibility index (Phi) is 5.64. The first kappa shape index (κ1) is 17.4. The van der Waals surface area contributed by atoms with Crippen LogP contribution >= 0.6 is 23.1 Å². The summed E-state index contributed by atoms with van der Waals surface area (Å²) < 4.78 is 2.00. The van der Waals surface area contributed by atoms with Crippen LogP contribution in [-0.2, 0) is 11.3 Å². The highest BCUT2D eigenvalue weighted by Gasteiger charge is 2.23. The zero-order valence-corrected chi connectivity index (χ0v) is 15.3. The highest BCUT2D eigenvalue weighted by Crippen LogP contribution is 2.24. The molecule has 2 aromatic heterocycles. The van der Waals surface area contributed by atoms with Gasteiger partial charge in [-0.15, -0.1) is 11.3 Å². The predicted octanol–water partition coefficient (Wildman–Crippen LogP) is 3.66. The first-order valence-electron chi connectivity index (χ1n) is 7.69. The van der Waals surface area contributed by atoms with Crippen molar-refractivity contribution in [2.75, 3.05) is 5.75 Å². The second kappa shape index (κ2) is 8.10. The number of aromatic nitrogens is 3. The van der Waals surface area contributed by atoms with Gasteiger partial charge in [-0.3, -0.25) is 4.79 Å². The first-order chi connectivity index (χ1) is 12.2. The Morgan fingerprint density at radius 3 is 2.88 bits per heavy atom. The molecule has 7 heteroatoms. The van der Waals surface area contributed by atoms with Crippen molar-refractivity contribution in [2.45, 2.75) is 24.5 Å². The summed E-state index contributed by atoms with van der Waals surface area (Å²) in [6.45, 7) is 2.55. The van der Waals surface area contributed by atoms with Gasteiger partial charge in [0.25, 0.3) is 0 Å². The fourth-order valence-electron chi connectivity index (χ4n) is 2.32. The maximum absolute atomic E-state index is 12.4. The number of carbonyl (C=O) groups is 1. The summed E-state index contributed by atoms with van der Waals surface area (Å²) in [7, 11) is 0. The number of hydrogen-bond donors (Lipinski definition) is 0. The minimum absolute atomic E-state index is 0.142. The lowest BCUT2D eigenvalue weighted by Crippen LogP contribution is -2.14. The molecule has 0 fully saturated rings. The molecule has 5 nitrogen and oxygen atoms in total. The van der Waals surface area contributed by atoms with Crippen LogP contribution in [0.4, 0.5) is 0 Å². The van der Waals surface area contributed by atoms with Crippen LogP contribution in [0.3, 0.4) is 0 Å². The van der Waals surface area contributed by atoms with E-state index in [0.29, 0.717) is 11.6 Å². The second-order valence-corrected chi connectivity index (χ2v) is 7.30. The van der Waals surface area contributed by atoms with Crippen LogP contribution in [0.5, 0.6) is 0 Å². The first-order valence-corrected chi connectivity index (χ1v) is 9.56. The molecule has 1 unspecified atom stereocenters. The molecule has 0 spiro atoms. The van der Waals surface area contributed by atoms with E-state index in [-0.39, 0.29) is 11.5 Å². The van der Waals surface area contributed by atoms with Crippen molar-refractivity contribution in [3.05, 3.63) is 64.4 Å². The zero-order valence-electron chi connectivity index (χ0n) is 13.6. The average molecular weight is 368 g/mol. The third-order valence-corrected chi connectivity index (χ3v) is 5.61. The van der Waals surface area contributed by atoms with Gasteiger partial charge in [-0.25, -0.2) is 9.97 Å². The summed E-state index contributed by atoms with van der Waals surface area (Å²) in [5, 5.41) is 12.5. The van der Waals surface area contributed by atoms with Gasteiger partial charge < -0.3 is 4.57 Å². The van der Waals surface area contributed by atoms with E-state index < -0.39 is 5.92 Å². The summed E-state index contributed by atoms with van der Waals surface area (Å²) in [6.07, 6.45) is 3.62. The number of Topliss-reactive ketones (excluding diaryl/α,β-unsaturated/α-hetero) is 1. The molecule has 25 heavy (non-hydrogen) atoms. The van der Waals surface area contributed by atoms with Crippen molar-refractivity contribution < 1.29 is 4.79 Å². The van der Waals surface area contributed by atoms with Crippen molar-refractivity contribution in [3.63, 3.8) is 0 Å². The minimum Gasteiger partial charge on any atom is -0.322 e. The van der Waals surface area contributed by atoms with Crippen molar-refractivity contribution >= 4 is 28.9 Å². The molecule has 0 bridgehead atoms. The van der Waals surface area contributed by atoms with Gasteiger partial charge in [0.05, 0.1) is 11.8 Å². The molecule has 126 valence electrons. The van der Waals surface area contributed by atoms with E-state index in [1.54, 1.807) is 6.20 Å². The molecule has 0 aliphatic heterocycles. The van der Waals surface area contributed by atoms with Gasteiger partial charge in [-0.2, -0.15) is 5.26 Å². The Hall–Kier alpha value is -2.43. The molecular weight excluding hydrogens is 352 g/mol. The van der Waals surface area contributed by atoms with E-state index in [1.807, 2.05) is 41.3 Å². The fourth-order valence-corrected chi connectivity index (χ4v) is 4.05. The van der Waals surface area contributed by atoms with Crippen LogP contribution in [0.2, 0.25) is 0 Å². The van der Waals surface area contributed by atoms with Crippen LogP contribution in [-0.4, -0.2) is 26.1 Å².